The molecular formula is C11H16BrN3O2. The van der Waals surface area contributed by atoms with Gasteiger partial charge < -0.3 is 5.73 Å². The number of hydrogen-bond acceptors (Lipinski definition) is 4. The van der Waals surface area contributed by atoms with Gasteiger partial charge >= 0.3 is 0 Å². The van der Waals surface area contributed by atoms with Crippen molar-refractivity contribution in [1.29, 1.82) is 0 Å². The van der Waals surface area contributed by atoms with Gasteiger partial charge in [-0.15, -0.1) is 0 Å². The van der Waals surface area contributed by atoms with Crippen molar-refractivity contribution in [3.8, 4) is 0 Å². The summed E-state index contributed by atoms with van der Waals surface area (Å²) in [4.78, 5) is 14.6. The average molecular weight is 302 g/mol. The van der Waals surface area contributed by atoms with E-state index in [4.69, 9.17) is 5.73 Å². The van der Waals surface area contributed by atoms with Crippen LogP contribution in [0.5, 0.6) is 0 Å². The summed E-state index contributed by atoms with van der Waals surface area (Å²) in [7, 11) is 0. The molecule has 1 heterocycles. The molecule has 0 aliphatic rings. The van der Waals surface area contributed by atoms with E-state index in [-0.39, 0.29) is 17.1 Å². The molecule has 0 bridgehead atoms. The van der Waals surface area contributed by atoms with Gasteiger partial charge in [-0.2, -0.15) is 0 Å². The Morgan fingerprint density at radius 3 is 2.65 bits per heavy atom. The third-order valence-corrected chi connectivity index (χ3v) is 3.07. The van der Waals surface area contributed by atoms with E-state index in [2.05, 4.69) is 20.9 Å². The van der Waals surface area contributed by atoms with Crippen LogP contribution in [0.1, 0.15) is 26.5 Å². The van der Waals surface area contributed by atoms with Crippen molar-refractivity contribution in [3.63, 3.8) is 0 Å². The van der Waals surface area contributed by atoms with Gasteiger partial charge in [-0.3, -0.25) is 15.1 Å². The van der Waals surface area contributed by atoms with Gasteiger partial charge in [-0.25, -0.2) is 0 Å². The Hall–Kier alpha value is -1.01. The van der Waals surface area contributed by atoms with Crippen molar-refractivity contribution in [2.24, 2.45) is 11.1 Å². The number of halogens is 1. The third kappa shape index (κ3) is 3.74. The molecule has 1 atom stereocenters. The lowest BCUT2D eigenvalue weighted by Crippen LogP contribution is -2.37. The first-order valence-corrected chi connectivity index (χ1v) is 6.05. The van der Waals surface area contributed by atoms with Crippen LogP contribution in [0, 0.1) is 15.5 Å². The predicted molar refractivity (Wildman–Crippen MR) is 69.7 cm³/mol. The van der Waals surface area contributed by atoms with Gasteiger partial charge in [0.05, 0.1) is 4.92 Å². The quantitative estimate of drug-likeness (QED) is 0.687. The molecule has 6 heteroatoms. The van der Waals surface area contributed by atoms with Crippen LogP contribution >= 0.6 is 15.9 Å². The summed E-state index contributed by atoms with van der Waals surface area (Å²) < 4.78 is 0.595. The van der Waals surface area contributed by atoms with E-state index in [1.165, 1.54) is 6.07 Å². The first-order valence-electron chi connectivity index (χ1n) is 5.26. The molecule has 1 unspecified atom stereocenters. The summed E-state index contributed by atoms with van der Waals surface area (Å²) in [6.07, 6.45) is 1.95. The second-order valence-corrected chi connectivity index (χ2v) is 5.97. The van der Waals surface area contributed by atoms with E-state index in [0.29, 0.717) is 16.6 Å². The molecule has 0 radical (unpaired) electrons. The van der Waals surface area contributed by atoms with Gasteiger partial charge in [0.25, 0.3) is 5.69 Å². The van der Waals surface area contributed by atoms with Crippen LogP contribution in [0.4, 0.5) is 5.69 Å². The second-order valence-electron chi connectivity index (χ2n) is 5.05. The summed E-state index contributed by atoms with van der Waals surface area (Å²) in [5.41, 5.74) is 6.35. The number of aromatic nitrogens is 1. The van der Waals surface area contributed by atoms with Crippen LogP contribution in [0.25, 0.3) is 0 Å². The first kappa shape index (κ1) is 14.1. The van der Waals surface area contributed by atoms with Crippen LogP contribution < -0.4 is 5.73 Å². The maximum atomic E-state index is 10.9. The van der Waals surface area contributed by atoms with E-state index in [1.807, 2.05) is 20.8 Å². The van der Waals surface area contributed by atoms with Crippen molar-refractivity contribution in [3.05, 3.63) is 32.5 Å². The molecule has 0 amide bonds. The Bertz CT molecular complexity index is 429. The van der Waals surface area contributed by atoms with Gasteiger partial charge in [-0.05, 0) is 21.3 Å². The Morgan fingerprint density at radius 2 is 2.18 bits per heavy atom. The molecule has 0 saturated heterocycles. The fourth-order valence-corrected chi connectivity index (χ4v) is 1.61. The van der Waals surface area contributed by atoms with E-state index >= 15 is 0 Å². The standard InChI is InChI=1S/C11H16BrN3O2/c1-11(2,3)10(13)5-8-9(15(16)17)4-7(12)6-14-8/h4,6,10H,5,13H2,1-3H3. The molecule has 0 aliphatic heterocycles. The normalized spacial score (nSPS) is 13.5. The zero-order chi connectivity index (χ0) is 13.2. The van der Waals surface area contributed by atoms with Gasteiger partial charge in [0, 0.05) is 29.2 Å². The Labute approximate surface area is 109 Å². The van der Waals surface area contributed by atoms with E-state index in [1.54, 1.807) is 6.20 Å². The molecule has 5 nitrogen and oxygen atoms in total. The maximum Gasteiger partial charge on any atom is 0.291 e. The molecular weight excluding hydrogens is 286 g/mol. The van der Waals surface area contributed by atoms with E-state index in [0.717, 1.165) is 0 Å². The van der Waals surface area contributed by atoms with Crippen molar-refractivity contribution in [1.82, 2.24) is 4.98 Å². The Morgan fingerprint density at radius 1 is 1.59 bits per heavy atom. The topological polar surface area (TPSA) is 82.0 Å². The largest absolute Gasteiger partial charge is 0.327 e. The lowest BCUT2D eigenvalue weighted by Gasteiger charge is -2.26. The number of nitrogens with zero attached hydrogens (tertiary/aromatic N) is 2. The fourth-order valence-electron chi connectivity index (χ4n) is 1.29. The van der Waals surface area contributed by atoms with Gasteiger partial charge in [0.15, 0.2) is 0 Å². The first-order chi connectivity index (χ1) is 7.71. The van der Waals surface area contributed by atoms with Gasteiger partial charge in [-0.1, -0.05) is 20.8 Å². The highest BCUT2D eigenvalue weighted by atomic mass is 79.9. The zero-order valence-electron chi connectivity index (χ0n) is 10.1. The highest BCUT2D eigenvalue weighted by Gasteiger charge is 2.25. The molecule has 1 aromatic heterocycles. The monoisotopic (exact) mass is 301 g/mol. The molecule has 1 aromatic rings. The summed E-state index contributed by atoms with van der Waals surface area (Å²) in [6.45, 7) is 6.01. The van der Waals surface area contributed by atoms with Crippen LogP contribution in [0.2, 0.25) is 0 Å². The highest BCUT2D eigenvalue weighted by molar-refractivity contribution is 9.10. The van der Waals surface area contributed by atoms with Crippen molar-refractivity contribution < 1.29 is 4.92 Å². The second kappa shape index (κ2) is 5.10. The molecule has 0 fully saturated rings. The molecule has 0 aromatic carbocycles. The maximum absolute atomic E-state index is 10.9. The molecule has 2 N–H and O–H groups in total. The minimum absolute atomic E-state index is 0.0130. The molecule has 94 valence electrons. The summed E-state index contributed by atoms with van der Waals surface area (Å²) in [5, 5.41) is 10.9. The summed E-state index contributed by atoms with van der Waals surface area (Å²) >= 11 is 3.17. The van der Waals surface area contributed by atoms with Crippen molar-refractivity contribution >= 4 is 21.6 Å². The average Bonchev–Trinajstić information content (AvgIpc) is 2.18. The zero-order valence-corrected chi connectivity index (χ0v) is 11.7. The predicted octanol–water partition coefficient (Wildman–Crippen LogP) is 2.67. The third-order valence-electron chi connectivity index (χ3n) is 2.64. The lowest BCUT2D eigenvalue weighted by atomic mass is 9.84. The SMILES string of the molecule is CC(C)(C)C(N)Cc1ncc(Br)cc1[N+](=O)[O-]. The van der Waals surface area contributed by atoms with Crippen molar-refractivity contribution in [2.45, 2.75) is 33.2 Å². The van der Waals surface area contributed by atoms with E-state index < -0.39 is 4.92 Å². The molecule has 17 heavy (non-hydrogen) atoms. The van der Waals surface area contributed by atoms with Gasteiger partial charge in [0.2, 0.25) is 0 Å². The van der Waals surface area contributed by atoms with Gasteiger partial charge in [0.1, 0.15) is 5.69 Å². The summed E-state index contributed by atoms with van der Waals surface area (Å²) in [6, 6.07) is 1.28. The Kier molecular flexibility index (Phi) is 4.21. The van der Waals surface area contributed by atoms with E-state index in [9.17, 15) is 10.1 Å². The fraction of sp³-hybridized carbons (Fsp3) is 0.545. The number of pyridine rings is 1. The number of rotatable bonds is 3. The number of hydrogen-bond donors (Lipinski definition) is 1. The number of nitrogens with two attached hydrogens (primary N) is 1. The summed E-state index contributed by atoms with van der Waals surface area (Å²) in [5.74, 6) is 0. The minimum atomic E-state index is -0.428. The molecule has 0 aliphatic carbocycles. The molecule has 0 saturated carbocycles. The van der Waals surface area contributed by atoms with Crippen LogP contribution in [0.3, 0.4) is 0 Å². The lowest BCUT2D eigenvalue weighted by molar-refractivity contribution is -0.386. The Balaban J connectivity index is 3.03. The molecule has 0 spiro atoms. The number of nitro groups is 1. The van der Waals surface area contributed by atoms with Crippen molar-refractivity contribution in [2.75, 3.05) is 0 Å². The van der Waals surface area contributed by atoms with Crippen LogP contribution in [-0.4, -0.2) is 15.9 Å². The molecule has 1 rings (SSSR count). The smallest absolute Gasteiger partial charge is 0.291 e. The van der Waals surface area contributed by atoms with Crippen LogP contribution in [0.15, 0.2) is 16.7 Å². The minimum Gasteiger partial charge on any atom is -0.327 e. The van der Waals surface area contributed by atoms with Crippen LogP contribution in [-0.2, 0) is 6.42 Å². The highest BCUT2D eigenvalue weighted by Crippen LogP contribution is 2.26.